The average Bonchev–Trinajstić information content (AvgIpc) is 3.40. The van der Waals surface area contributed by atoms with E-state index in [0.29, 0.717) is 24.7 Å². The van der Waals surface area contributed by atoms with E-state index in [2.05, 4.69) is 33.3 Å². The summed E-state index contributed by atoms with van der Waals surface area (Å²) in [6.07, 6.45) is 5.85. The Morgan fingerprint density at radius 1 is 1.15 bits per heavy atom. The number of hydrogen-bond donors (Lipinski definition) is 0. The molecule has 0 radical (unpaired) electrons. The highest BCUT2D eigenvalue weighted by molar-refractivity contribution is 5.80. The topological polar surface area (TPSA) is 72.1 Å². The summed E-state index contributed by atoms with van der Waals surface area (Å²) in [6, 6.07) is 12.3. The highest BCUT2D eigenvalue weighted by atomic mass is 16.5. The van der Waals surface area contributed by atoms with E-state index < -0.39 is 0 Å². The fourth-order valence-electron chi connectivity index (χ4n) is 4.07. The maximum Gasteiger partial charge on any atom is 0.232 e. The second-order valence-electron chi connectivity index (χ2n) is 6.90. The normalized spacial score (nSPS) is 22.0. The van der Waals surface area contributed by atoms with Gasteiger partial charge in [-0.2, -0.15) is 4.98 Å². The number of aryl methyl sites for hydroxylation is 1. The Hall–Kier alpha value is -3.02. The summed E-state index contributed by atoms with van der Waals surface area (Å²) < 4.78 is 5.46. The van der Waals surface area contributed by atoms with Gasteiger partial charge in [0.25, 0.3) is 0 Å². The minimum absolute atomic E-state index is 0.0480. The SMILES string of the molecule is O=C1CC(c2nc(-c3cccnc3)no2)CN1C1CCc2ccccc21. The zero-order valence-electron chi connectivity index (χ0n) is 14.2. The predicted molar refractivity (Wildman–Crippen MR) is 94.1 cm³/mol. The number of hydrogen-bond acceptors (Lipinski definition) is 5. The molecular formula is C20H18N4O2. The molecule has 1 aliphatic heterocycles. The molecule has 1 aliphatic carbocycles. The van der Waals surface area contributed by atoms with Crippen LogP contribution in [0.4, 0.5) is 0 Å². The first-order chi connectivity index (χ1) is 12.8. The zero-order chi connectivity index (χ0) is 17.5. The minimum Gasteiger partial charge on any atom is -0.339 e. The largest absolute Gasteiger partial charge is 0.339 e. The van der Waals surface area contributed by atoms with Crippen molar-refractivity contribution in [3.05, 3.63) is 65.8 Å². The van der Waals surface area contributed by atoms with Gasteiger partial charge in [0.15, 0.2) is 0 Å². The Balaban J connectivity index is 1.37. The first-order valence-corrected chi connectivity index (χ1v) is 8.91. The predicted octanol–water partition coefficient (Wildman–Crippen LogP) is 3.14. The van der Waals surface area contributed by atoms with Crippen LogP contribution in [0, 0.1) is 0 Å². The smallest absolute Gasteiger partial charge is 0.232 e. The molecule has 6 heteroatoms. The highest BCUT2D eigenvalue weighted by Crippen LogP contribution is 2.40. The third kappa shape index (κ3) is 2.49. The van der Waals surface area contributed by atoms with E-state index in [4.69, 9.17) is 4.52 Å². The monoisotopic (exact) mass is 346 g/mol. The number of pyridine rings is 1. The van der Waals surface area contributed by atoms with E-state index in [1.54, 1.807) is 12.4 Å². The van der Waals surface area contributed by atoms with Crippen LogP contribution < -0.4 is 0 Å². The van der Waals surface area contributed by atoms with Gasteiger partial charge in [-0.15, -0.1) is 0 Å². The van der Waals surface area contributed by atoms with E-state index in [1.807, 2.05) is 23.1 Å². The molecule has 2 unspecified atom stereocenters. The molecule has 3 heterocycles. The summed E-state index contributed by atoms with van der Waals surface area (Å²) in [5.74, 6) is 1.17. The van der Waals surface area contributed by atoms with Gasteiger partial charge in [0.2, 0.25) is 17.6 Å². The van der Waals surface area contributed by atoms with Crippen LogP contribution in [0.15, 0.2) is 53.3 Å². The standard InChI is InChI=1S/C20H18N4O2/c25-18-10-15(20-22-19(23-26-20)14-5-3-9-21-11-14)12-24(18)17-8-7-13-4-1-2-6-16(13)17/h1-6,9,11,15,17H,7-8,10,12H2. The summed E-state index contributed by atoms with van der Waals surface area (Å²) in [6.45, 7) is 0.631. The Morgan fingerprint density at radius 3 is 2.96 bits per heavy atom. The van der Waals surface area contributed by atoms with E-state index >= 15 is 0 Å². The van der Waals surface area contributed by atoms with Crippen LogP contribution >= 0.6 is 0 Å². The van der Waals surface area contributed by atoms with E-state index in [9.17, 15) is 4.79 Å². The summed E-state index contributed by atoms with van der Waals surface area (Å²) in [5, 5.41) is 4.06. The van der Waals surface area contributed by atoms with Crippen molar-refractivity contribution in [2.75, 3.05) is 6.54 Å². The molecule has 1 aromatic carbocycles. The maximum absolute atomic E-state index is 12.7. The van der Waals surface area contributed by atoms with Crippen molar-refractivity contribution in [2.24, 2.45) is 0 Å². The van der Waals surface area contributed by atoms with Gasteiger partial charge in [0, 0.05) is 30.9 Å². The van der Waals surface area contributed by atoms with Gasteiger partial charge < -0.3 is 9.42 Å². The number of nitrogens with zero attached hydrogens (tertiary/aromatic N) is 4. The quantitative estimate of drug-likeness (QED) is 0.728. The number of benzene rings is 1. The number of carbonyl (C=O) groups is 1. The number of aromatic nitrogens is 3. The Labute approximate surface area is 150 Å². The molecule has 1 amide bonds. The number of fused-ring (bicyclic) bond motifs is 1. The number of carbonyl (C=O) groups excluding carboxylic acids is 1. The molecule has 26 heavy (non-hydrogen) atoms. The number of likely N-dealkylation sites (tertiary alicyclic amines) is 1. The third-order valence-corrected chi connectivity index (χ3v) is 5.35. The Morgan fingerprint density at radius 2 is 2.08 bits per heavy atom. The lowest BCUT2D eigenvalue weighted by molar-refractivity contribution is -0.129. The average molecular weight is 346 g/mol. The Kier molecular flexibility index (Phi) is 3.55. The molecule has 2 aromatic heterocycles. The summed E-state index contributed by atoms with van der Waals surface area (Å²) in [5.41, 5.74) is 3.45. The molecule has 2 aliphatic rings. The lowest BCUT2D eigenvalue weighted by atomic mass is 10.1. The molecule has 5 rings (SSSR count). The van der Waals surface area contributed by atoms with Crippen molar-refractivity contribution in [3.8, 4) is 11.4 Å². The fourth-order valence-corrected chi connectivity index (χ4v) is 4.07. The first kappa shape index (κ1) is 15.3. The van der Waals surface area contributed by atoms with Crippen molar-refractivity contribution in [3.63, 3.8) is 0 Å². The van der Waals surface area contributed by atoms with Crippen LogP contribution in [0.1, 0.15) is 41.8 Å². The van der Waals surface area contributed by atoms with Crippen molar-refractivity contribution >= 4 is 5.91 Å². The van der Waals surface area contributed by atoms with Gasteiger partial charge in [0.1, 0.15) is 0 Å². The molecule has 0 saturated carbocycles. The zero-order valence-corrected chi connectivity index (χ0v) is 14.2. The second kappa shape index (κ2) is 6.05. The van der Waals surface area contributed by atoms with Crippen LogP contribution in [-0.2, 0) is 11.2 Å². The van der Waals surface area contributed by atoms with Crippen molar-refractivity contribution in [1.82, 2.24) is 20.0 Å². The van der Waals surface area contributed by atoms with Gasteiger partial charge in [-0.3, -0.25) is 9.78 Å². The molecule has 6 nitrogen and oxygen atoms in total. The van der Waals surface area contributed by atoms with Crippen molar-refractivity contribution < 1.29 is 9.32 Å². The maximum atomic E-state index is 12.7. The highest BCUT2D eigenvalue weighted by Gasteiger charge is 2.40. The van der Waals surface area contributed by atoms with Crippen LogP contribution in [0.25, 0.3) is 11.4 Å². The van der Waals surface area contributed by atoms with Gasteiger partial charge >= 0.3 is 0 Å². The summed E-state index contributed by atoms with van der Waals surface area (Å²) in [4.78, 5) is 23.2. The van der Waals surface area contributed by atoms with Gasteiger partial charge in [-0.1, -0.05) is 29.4 Å². The van der Waals surface area contributed by atoms with Crippen molar-refractivity contribution in [2.45, 2.75) is 31.2 Å². The number of rotatable bonds is 3. The minimum atomic E-state index is -0.0480. The van der Waals surface area contributed by atoms with Gasteiger partial charge in [-0.05, 0) is 36.1 Å². The summed E-state index contributed by atoms with van der Waals surface area (Å²) >= 11 is 0. The van der Waals surface area contributed by atoms with Crippen molar-refractivity contribution in [1.29, 1.82) is 0 Å². The van der Waals surface area contributed by atoms with Gasteiger partial charge in [-0.25, -0.2) is 0 Å². The van der Waals surface area contributed by atoms with Crippen LogP contribution in [0.5, 0.6) is 0 Å². The molecule has 1 fully saturated rings. The molecule has 3 aromatic rings. The fraction of sp³-hybridized carbons (Fsp3) is 0.300. The molecule has 1 saturated heterocycles. The van der Waals surface area contributed by atoms with Crippen LogP contribution in [0.3, 0.4) is 0 Å². The molecule has 0 spiro atoms. The third-order valence-electron chi connectivity index (χ3n) is 5.35. The molecular weight excluding hydrogens is 328 g/mol. The van der Waals surface area contributed by atoms with E-state index in [-0.39, 0.29) is 17.9 Å². The Bertz CT molecular complexity index is 953. The lowest BCUT2D eigenvalue weighted by Gasteiger charge is -2.25. The first-order valence-electron chi connectivity index (χ1n) is 8.91. The van der Waals surface area contributed by atoms with Gasteiger partial charge in [0.05, 0.1) is 12.0 Å². The summed E-state index contributed by atoms with van der Waals surface area (Å²) in [7, 11) is 0. The number of amides is 1. The molecule has 2 atom stereocenters. The molecule has 0 bridgehead atoms. The van der Waals surface area contributed by atoms with E-state index in [0.717, 1.165) is 18.4 Å². The van der Waals surface area contributed by atoms with Crippen LogP contribution in [0.2, 0.25) is 0 Å². The molecule has 0 N–H and O–H groups in total. The van der Waals surface area contributed by atoms with E-state index in [1.165, 1.54) is 11.1 Å². The lowest BCUT2D eigenvalue weighted by Crippen LogP contribution is -2.28. The molecule has 130 valence electrons. The second-order valence-corrected chi connectivity index (χ2v) is 6.90. The van der Waals surface area contributed by atoms with Crippen LogP contribution in [-0.4, -0.2) is 32.5 Å².